The lowest BCUT2D eigenvalue weighted by Crippen LogP contribution is -2.42. The minimum Gasteiger partial charge on any atom is -0.496 e. The molecule has 0 spiro atoms. The zero-order valence-electron chi connectivity index (χ0n) is 17.1. The summed E-state index contributed by atoms with van der Waals surface area (Å²) in [5.41, 5.74) is 6.17. The number of carbonyl (C=O) groups is 2. The molecule has 0 atom stereocenters. The molecule has 164 valence electrons. The molecule has 0 saturated carbocycles. The van der Waals surface area contributed by atoms with Crippen LogP contribution >= 0.6 is 0 Å². The first kappa shape index (κ1) is 21.3. The van der Waals surface area contributed by atoms with E-state index < -0.39 is 21.8 Å². The van der Waals surface area contributed by atoms with E-state index in [9.17, 15) is 18.0 Å². The molecule has 1 aliphatic heterocycles. The number of methoxy groups -OCH3 is 1. The molecule has 9 nitrogen and oxygen atoms in total. The van der Waals surface area contributed by atoms with Crippen molar-refractivity contribution in [3.63, 3.8) is 0 Å². The van der Waals surface area contributed by atoms with Crippen LogP contribution in [0.15, 0.2) is 71.8 Å². The highest BCUT2D eigenvalue weighted by Crippen LogP contribution is 2.33. The monoisotopic (exact) mass is 452 g/mol. The van der Waals surface area contributed by atoms with E-state index in [1.165, 1.54) is 41.9 Å². The van der Waals surface area contributed by atoms with E-state index >= 15 is 0 Å². The van der Waals surface area contributed by atoms with Crippen molar-refractivity contribution in [3.8, 4) is 5.75 Å². The Hall–Kier alpha value is -3.92. The van der Waals surface area contributed by atoms with Crippen LogP contribution in [-0.4, -0.2) is 38.9 Å². The molecule has 2 amide bonds. The predicted octanol–water partition coefficient (Wildman–Crippen LogP) is 1.92. The van der Waals surface area contributed by atoms with Gasteiger partial charge in [0, 0.05) is 12.7 Å². The van der Waals surface area contributed by atoms with E-state index in [-0.39, 0.29) is 21.9 Å². The van der Waals surface area contributed by atoms with Crippen molar-refractivity contribution in [1.82, 2.24) is 15.8 Å². The first-order chi connectivity index (χ1) is 15.4. The molecule has 0 unspecified atom stereocenters. The number of aromatic nitrogens is 1. The maximum atomic E-state index is 13.3. The Morgan fingerprint density at radius 3 is 2.50 bits per heavy atom. The third-order valence-electron chi connectivity index (χ3n) is 5.04. The summed E-state index contributed by atoms with van der Waals surface area (Å²) >= 11 is 0. The third kappa shape index (κ3) is 4.00. The normalized spacial score (nSPS) is 12.7. The molecule has 1 aliphatic rings. The Labute approximate surface area is 185 Å². The fraction of sp³-hybridized carbons (Fsp3) is 0.136. The fourth-order valence-electron chi connectivity index (χ4n) is 3.45. The summed E-state index contributed by atoms with van der Waals surface area (Å²) in [6, 6.07) is 16.1. The second-order valence-electron chi connectivity index (χ2n) is 6.94. The van der Waals surface area contributed by atoms with Crippen molar-refractivity contribution in [2.75, 3.05) is 18.0 Å². The first-order valence-electron chi connectivity index (χ1n) is 9.72. The number of pyridine rings is 1. The number of nitrogens with one attached hydrogen (secondary N) is 2. The van der Waals surface area contributed by atoms with Gasteiger partial charge in [-0.2, -0.15) is 0 Å². The minimum atomic E-state index is -3.91. The number of carbonyl (C=O) groups excluding carboxylic acids is 2. The smallest absolute Gasteiger partial charge is 0.288 e. The van der Waals surface area contributed by atoms with Gasteiger partial charge in [-0.15, -0.1) is 0 Å². The topological polar surface area (TPSA) is 118 Å². The lowest BCUT2D eigenvalue weighted by atomic mass is 10.2. The highest BCUT2D eigenvalue weighted by atomic mass is 32.2. The van der Waals surface area contributed by atoms with Gasteiger partial charge in [-0.1, -0.05) is 24.3 Å². The number of hydrazine groups is 1. The molecule has 4 rings (SSSR count). The van der Waals surface area contributed by atoms with Crippen molar-refractivity contribution in [2.45, 2.75) is 11.3 Å². The number of hydrogen-bond acceptors (Lipinski definition) is 6. The quantitative estimate of drug-likeness (QED) is 0.571. The standard InChI is InChI=1S/C22H20N4O5S/c1-31-20-10-9-16(32(29,30)26-13-11-15-6-2-3-8-19(15)26)14-17(20)21(27)24-25-22(28)18-7-4-5-12-23-18/h2-10,12,14H,11,13H2,1H3,(H,24,27)(H,25,28). The van der Waals surface area contributed by atoms with Crippen LogP contribution in [0.1, 0.15) is 26.4 Å². The summed E-state index contributed by atoms with van der Waals surface area (Å²) in [7, 11) is -2.54. The molecule has 3 aromatic rings. The van der Waals surface area contributed by atoms with E-state index in [1.807, 2.05) is 12.1 Å². The van der Waals surface area contributed by atoms with Crippen LogP contribution in [0.4, 0.5) is 5.69 Å². The second kappa shape index (κ2) is 8.67. The maximum absolute atomic E-state index is 13.3. The summed E-state index contributed by atoms with van der Waals surface area (Å²) in [6.45, 7) is 0.315. The summed E-state index contributed by atoms with van der Waals surface area (Å²) in [5.74, 6) is -1.18. The molecule has 0 bridgehead atoms. The Morgan fingerprint density at radius 1 is 1.00 bits per heavy atom. The van der Waals surface area contributed by atoms with Crippen LogP contribution in [0.5, 0.6) is 5.75 Å². The van der Waals surface area contributed by atoms with Crippen LogP contribution in [0.25, 0.3) is 0 Å². The number of rotatable bonds is 5. The number of amides is 2. The average Bonchev–Trinajstić information content (AvgIpc) is 3.27. The van der Waals surface area contributed by atoms with Crippen LogP contribution < -0.4 is 19.9 Å². The van der Waals surface area contributed by atoms with E-state index in [4.69, 9.17) is 4.74 Å². The lowest BCUT2D eigenvalue weighted by Gasteiger charge is -2.20. The van der Waals surface area contributed by atoms with Crippen LogP contribution in [0.2, 0.25) is 0 Å². The Kier molecular flexibility index (Phi) is 5.78. The molecule has 0 radical (unpaired) electrons. The Morgan fingerprint density at radius 2 is 1.75 bits per heavy atom. The molecular formula is C22H20N4O5S. The number of sulfonamides is 1. The number of ether oxygens (including phenoxy) is 1. The lowest BCUT2D eigenvalue weighted by molar-refractivity contribution is 0.0842. The summed E-state index contributed by atoms with van der Waals surface area (Å²) in [6.07, 6.45) is 2.06. The van der Waals surface area contributed by atoms with Gasteiger partial charge in [0.25, 0.3) is 21.8 Å². The summed E-state index contributed by atoms with van der Waals surface area (Å²) in [5, 5.41) is 0. The molecule has 0 saturated heterocycles. The summed E-state index contributed by atoms with van der Waals surface area (Å²) < 4.78 is 33.1. The second-order valence-corrected chi connectivity index (χ2v) is 8.80. The number of anilines is 1. The molecule has 2 aromatic carbocycles. The van der Waals surface area contributed by atoms with Gasteiger partial charge in [-0.3, -0.25) is 29.7 Å². The van der Waals surface area contributed by atoms with Gasteiger partial charge in [0.2, 0.25) is 0 Å². The number of fused-ring (bicyclic) bond motifs is 1. The molecule has 32 heavy (non-hydrogen) atoms. The first-order valence-corrected chi connectivity index (χ1v) is 11.2. The van der Waals surface area contributed by atoms with Crippen LogP contribution in [-0.2, 0) is 16.4 Å². The highest BCUT2D eigenvalue weighted by Gasteiger charge is 2.31. The van der Waals surface area contributed by atoms with E-state index in [2.05, 4.69) is 15.8 Å². The van der Waals surface area contributed by atoms with E-state index in [1.54, 1.807) is 24.3 Å². The van der Waals surface area contributed by atoms with Crippen molar-refractivity contribution < 1.29 is 22.7 Å². The average molecular weight is 452 g/mol. The van der Waals surface area contributed by atoms with Gasteiger partial charge in [0.15, 0.2) is 0 Å². The van der Waals surface area contributed by atoms with Gasteiger partial charge < -0.3 is 4.74 Å². The predicted molar refractivity (Wildman–Crippen MR) is 117 cm³/mol. The Bertz CT molecular complexity index is 1280. The molecular weight excluding hydrogens is 432 g/mol. The molecule has 10 heteroatoms. The molecule has 2 heterocycles. The molecule has 2 N–H and O–H groups in total. The zero-order valence-corrected chi connectivity index (χ0v) is 17.9. The summed E-state index contributed by atoms with van der Waals surface area (Å²) in [4.78, 5) is 28.7. The van der Waals surface area contributed by atoms with Crippen molar-refractivity contribution in [2.24, 2.45) is 0 Å². The van der Waals surface area contributed by atoms with Gasteiger partial charge in [-0.05, 0) is 48.4 Å². The van der Waals surface area contributed by atoms with Crippen LogP contribution in [0.3, 0.4) is 0 Å². The largest absolute Gasteiger partial charge is 0.496 e. The zero-order chi connectivity index (χ0) is 22.7. The van der Waals surface area contributed by atoms with Gasteiger partial charge in [0.1, 0.15) is 11.4 Å². The fourth-order valence-corrected chi connectivity index (χ4v) is 4.98. The van der Waals surface area contributed by atoms with Crippen molar-refractivity contribution in [3.05, 3.63) is 83.7 Å². The van der Waals surface area contributed by atoms with Gasteiger partial charge >= 0.3 is 0 Å². The third-order valence-corrected chi connectivity index (χ3v) is 6.84. The van der Waals surface area contributed by atoms with Crippen LogP contribution in [0, 0.1) is 0 Å². The number of benzene rings is 2. The molecule has 0 aliphatic carbocycles. The number of hydrogen-bond donors (Lipinski definition) is 2. The molecule has 0 fully saturated rings. The van der Waals surface area contributed by atoms with Crippen molar-refractivity contribution >= 4 is 27.5 Å². The van der Waals surface area contributed by atoms with E-state index in [0.717, 1.165) is 5.56 Å². The van der Waals surface area contributed by atoms with Gasteiger partial charge in [-0.25, -0.2) is 8.42 Å². The SMILES string of the molecule is COc1ccc(S(=O)(=O)N2CCc3ccccc32)cc1C(=O)NNC(=O)c1ccccn1. The maximum Gasteiger partial charge on any atom is 0.288 e. The Balaban J connectivity index is 1.59. The number of nitrogens with zero attached hydrogens (tertiary/aromatic N) is 2. The molecule has 1 aromatic heterocycles. The van der Waals surface area contributed by atoms with E-state index in [0.29, 0.717) is 18.7 Å². The van der Waals surface area contributed by atoms with Crippen molar-refractivity contribution in [1.29, 1.82) is 0 Å². The highest BCUT2D eigenvalue weighted by molar-refractivity contribution is 7.92. The minimum absolute atomic E-state index is 0.0395. The number of para-hydroxylation sites is 1. The van der Waals surface area contributed by atoms with Gasteiger partial charge in [0.05, 0.1) is 23.3 Å².